The number of carbonyl (C=O) groups excluding carboxylic acids is 1. The third kappa shape index (κ3) is 3.38. The van der Waals surface area contributed by atoms with Crippen molar-refractivity contribution in [2.45, 2.75) is 32.2 Å². The summed E-state index contributed by atoms with van der Waals surface area (Å²) in [6.07, 6.45) is 0.974. The fourth-order valence-corrected chi connectivity index (χ4v) is 2.25. The molecule has 0 aliphatic carbocycles. The number of aliphatic carboxylic acids is 1. The molecule has 1 atom stereocenters. The Morgan fingerprint density at radius 3 is 3.00 bits per heavy atom. The van der Waals surface area contributed by atoms with Crippen LogP contribution in [-0.2, 0) is 16.0 Å². The molecule has 2 rings (SSSR count). The maximum Gasteiger partial charge on any atom is 0.303 e. The Labute approximate surface area is 116 Å². The van der Waals surface area contributed by atoms with E-state index in [-0.39, 0.29) is 18.4 Å². The van der Waals surface area contributed by atoms with Gasteiger partial charge in [-0.05, 0) is 31.0 Å². The highest BCUT2D eigenvalue weighted by Gasteiger charge is 2.20. The Balaban J connectivity index is 2.07. The van der Waals surface area contributed by atoms with Crippen LogP contribution in [-0.4, -0.2) is 23.0 Å². The predicted octanol–water partition coefficient (Wildman–Crippen LogP) is 2.50. The minimum Gasteiger partial charge on any atom is -0.481 e. The molecule has 5 nitrogen and oxygen atoms in total. The van der Waals surface area contributed by atoms with Crippen molar-refractivity contribution < 1.29 is 14.7 Å². The second-order valence-electron chi connectivity index (χ2n) is 4.69. The van der Waals surface area contributed by atoms with Crippen molar-refractivity contribution in [3.05, 3.63) is 22.7 Å². The summed E-state index contributed by atoms with van der Waals surface area (Å²) >= 11 is 6.13. The van der Waals surface area contributed by atoms with E-state index in [1.807, 2.05) is 13.0 Å². The predicted molar refractivity (Wildman–Crippen MR) is 73.7 cm³/mol. The number of carboxylic acids is 1. The van der Waals surface area contributed by atoms with Crippen LogP contribution in [0.4, 0.5) is 11.4 Å². The lowest BCUT2D eigenvalue weighted by atomic mass is 10.1. The molecule has 1 aliphatic heterocycles. The van der Waals surface area contributed by atoms with Crippen molar-refractivity contribution in [1.29, 1.82) is 0 Å². The lowest BCUT2D eigenvalue weighted by Crippen LogP contribution is -2.17. The quantitative estimate of drug-likeness (QED) is 0.775. The van der Waals surface area contributed by atoms with Crippen molar-refractivity contribution in [2.24, 2.45) is 0 Å². The van der Waals surface area contributed by atoms with E-state index >= 15 is 0 Å². The monoisotopic (exact) mass is 282 g/mol. The first-order valence-corrected chi connectivity index (χ1v) is 6.44. The molecule has 1 aromatic carbocycles. The third-order valence-corrected chi connectivity index (χ3v) is 3.32. The molecular weight excluding hydrogens is 268 g/mol. The molecule has 1 amide bonds. The number of anilines is 2. The molecule has 102 valence electrons. The van der Waals surface area contributed by atoms with E-state index in [9.17, 15) is 9.59 Å². The summed E-state index contributed by atoms with van der Waals surface area (Å²) in [4.78, 5) is 21.8. The number of amides is 1. The molecule has 0 saturated carbocycles. The van der Waals surface area contributed by atoms with E-state index in [4.69, 9.17) is 16.7 Å². The highest BCUT2D eigenvalue weighted by atomic mass is 35.5. The van der Waals surface area contributed by atoms with Gasteiger partial charge in [0.15, 0.2) is 0 Å². The summed E-state index contributed by atoms with van der Waals surface area (Å²) < 4.78 is 0. The molecule has 0 fully saturated rings. The SMILES string of the molecule is CC(CCC(=O)O)Nc1cc2c(cc1Cl)NC(=O)C2. The Hall–Kier alpha value is -1.75. The van der Waals surface area contributed by atoms with Gasteiger partial charge in [0.2, 0.25) is 5.91 Å². The van der Waals surface area contributed by atoms with Crippen LogP contribution in [0.1, 0.15) is 25.3 Å². The van der Waals surface area contributed by atoms with Crippen LogP contribution in [0.3, 0.4) is 0 Å². The van der Waals surface area contributed by atoms with Crippen LogP contribution in [0.15, 0.2) is 12.1 Å². The van der Waals surface area contributed by atoms with Crippen molar-refractivity contribution in [3.63, 3.8) is 0 Å². The smallest absolute Gasteiger partial charge is 0.303 e. The highest BCUT2D eigenvalue weighted by molar-refractivity contribution is 6.33. The molecule has 1 heterocycles. The minimum absolute atomic E-state index is 0.00304. The number of nitrogens with one attached hydrogen (secondary N) is 2. The van der Waals surface area contributed by atoms with Gasteiger partial charge in [-0.3, -0.25) is 9.59 Å². The van der Waals surface area contributed by atoms with Gasteiger partial charge in [0.05, 0.1) is 17.1 Å². The normalized spacial score (nSPS) is 14.7. The van der Waals surface area contributed by atoms with Crippen molar-refractivity contribution in [2.75, 3.05) is 10.6 Å². The second kappa shape index (κ2) is 5.48. The van der Waals surface area contributed by atoms with E-state index in [1.165, 1.54) is 0 Å². The summed E-state index contributed by atoms with van der Waals surface area (Å²) in [6.45, 7) is 1.90. The van der Waals surface area contributed by atoms with E-state index in [1.54, 1.807) is 6.07 Å². The van der Waals surface area contributed by atoms with Crippen LogP contribution in [0.25, 0.3) is 0 Å². The summed E-state index contributed by atoms with van der Waals surface area (Å²) in [5.41, 5.74) is 2.39. The molecule has 3 N–H and O–H groups in total. The number of carbonyl (C=O) groups is 2. The van der Waals surface area contributed by atoms with Crippen LogP contribution >= 0.6 is 11.6 Å². The Bertz CT molecular complexity index is 531. The standard InChI is InChI=1S/C13H15ClN2O3/c1-7(2-3-13(18)19)15-11-4-8-5-12(17)16-10(8)6-9(11)14/h4,6-7,15H,2-3,5H2,1H3,(H,16,17)(H,18,19). The lowest BCUT2D eigenvalue weighted by Gasteiger charge is -2.16. The molecule has 6 heteroatoms. The van der Waals surface area contributed by atoms with E-state index < -0.39 is 5.97 Å². The first-order chi connectivity index (χ1) is 8.95. The van der Waals surface area contributed by atoms with Gasteiger partial charge >= 0.3 is 5.97 Å². The third-order valence-electron chi connectivity index (χ3n) is 3.01. The molecule has 1 aromatic rings. The van der Waals surface area contributed by atoms with E-state index in [2.05, 4.69) is 10.6 Å². The van der Waals surface area contributed by atoms with Gasteiger partial charge in [0.1, 0.15) is 0 Å². The second-order valence-corrected chi connectivity index (χ2v) is 5.10. The zero-order chi connectivity index (χ0) is 14.0. The zero-order valence-electron chi connectivity index (χ0n) is 10.5. The maximum absolute atomic E-state index is 11.3. The summed E-state index contributed by atoms with van der Waals surface area (Å²) in [6, 6.07) is 3.55. The number of hydrogen-bond acceptors (Lipinski definition) is 3. The molecule has 0 radical (unpaired) electrons. The number of benzene rings is 1. The van der Waals surface area contributed by atoms with E-state index in [0.29, 0.717) is 17.9 Å². The van der Waals surface area contributed by atoms with Crippen LogP contribution in [0.5, 0.6) is 0 Å². The van der Waals surface area contributed by atoms with Gasteiger partial charge in [-0.1, -0.05) is 11.6 Å². The fourth-order valence-electron chi connectivity index (χ4n) is 2.04. The Kier molecular flexibility index (Phi) is 3.95. The van der Waals surface area contributed by atoms with E-state index in [0.717, 1.165) is 16.9 Å². The summed E-state index contributed by atoms with van der Waals surface area (Å²) in [5.74, 6) is -0.856. The summed E-state index contributed by atoms with van der Waals surface area (Å²) in [7, 11) is 0. The Morgan fingerprint density at radius 1 is 1.58 bits per heavy atom. The number of hydrogen-bond donors (Lipinski definition) is 3. The topological polar surface area (TPSA) is 78.4 Å². The number of rotatable bonds is 5. The maximum atomic E-state index is 11.3. The van der Waals surface area contributed by atoms with Gasteiger partial charge in [0, 0.05) is 18.2 Å². The first-order valence-electron chi connectivity index (χ1n) is 6.06. The molecule has 1 unspecified atom stereocenters. The minimum atomic E-state index is -0.816. The molecule has 0 aromatic heterocycles. The van der Waals surface area contributed by atoms with Crippen molar-refractivity contribution in [1.82, 2.24) is 0 Å². The summed E-state index contributed by atoms with van der Waals surface area (Å²) in [5, 5.41) is 15.1. The number of fused-ring (bicyclic) bond motifs is 1. The molecular formula is C13H15ClN2O3. The highest BCUT2D eigenvalue weighted by Crippen LogP contribution is 2.33. The molecule has 19 heavy (non-hydrogen) atoms. The average Bonchev–Trinajstić information content (AvgIpc) is 2.66. The lowest BCUT2D eigenvalue weighted by molar-refractivity contribution is -0.137. The van der Waals surface area contributed by atoms with Crippen molar-refractivity contribution in [3.8, 4) is 0 Å². The zero-order valence-corrected chi connectivity index (χ0v) is 11.3. The van der Waals surface area contributed by atoms with Gasteiger partial charge in [-0.15, -0.1) is 0 Å². The van der Waals surface area contributed by atoms with Crippen LogP contribution < -0.4 is 10.6 Å². The van der Waals surface area contributed by atoms with Crippen molar-refractivity contribution >= 4 is 34.9 Å². The van der Waals surface area contributed by atoms with Gasteiger partial charge in [-0.25, -0.2) is 0 Å². The molecule has 0 saturated heterocycles. The number of carboxylic acid groups (broad SMARTS) is 1. The first kappa shape index (κ1) is 13.7. The van der Waals surface area contributed by atoms with Gasteiger partial charge in [0.25, 0.3) is 0 Å². The largest absolute Gasteiger partial charge is 0.481 e. The Morgan fingerprint density at radius 2 is 2.32 bits per heavy atom. The molecule has 0 spiro atoms. The fraction of sp³-hybridized carbons (Fsp3) is 0.385. The molecule has 1 aliphatic rings. The van der Waals surface area contributed by atoms with Crippen LogP contribution in [0.2, 0.25) is 5.02 Å². The van der Waals surface area contributed by atoms with Gasteiger partial charge in [-0.2, -0.15) is 0 Å². The van der Waals surface area contributed by atoms with Gasteiger partial charge < -0.3 is 15.7 Å². The molecule has 0 bridgehead atoms. The van der Waals surface area contributed by atoms with Crippen LogP contribution in [0, 0.1) is 0 Å². The number of halogens is 1. The average molecular weight is 283 g/mol.